The minimum Gasteiger partial charge on any atom is -0.358 e. The van der Waals surface area contributed by atoms with Gasteiger partial charge in [0.05, 0.1) is 5.69 Å². The van der Waals surface area contributed by atoms with Gasteiger partial charge in [0.25, 0.3) is 0 Å². The lowest BCUT2D eigenvalue weighted by Gasteiger charge is -2.27. The van der Waals surface area contributed by atoms with E-state index < -0.39 is 0 Å². The van der Waals surface area contributed by atoms with Gasteiger partial charge in [0, 0.05) is 35.5 Å². The van der Waals surface area contributed by atoms with Crippen LogP contribution in [-0.2, 0) is 4.79 Å². The lowest BCUT2D eigenvalue weighted by molar-refractivity contribution is -0.120. The Labute approximate surface area is 134 Å². The summed E-state index contributed by atoms with van der Waals surface area (Å²) in [5.74, 6) is 0.330. The number of H-pyrrole nitrogens is 1. The molecule has 2 saturated heterocycles. The Morgan fingerprint density at radius 3 is 2.74 bits per heavy atom. The van der Waals surface area contributed by atoms with Crippen molar-refractivity contribution in [1.82, 2.24) is 15.6 Å². The standard InChI is InChI=1S/C17H20N4O2/c22-16-6-9-21(17(23)20-16)15-3-1-2-13-12(15)10-14(19-13)11-4-7-18-8-5-11/h1-3,10-11,18-19H,4-9H2,(H,20,22,23). The number of benzene rings is 1. The molecule has 0 spiro atoms. The molecule has 2 aliphatic rings. The molecule has 0 unspecified atom stereocenters. The van der Waals surface area contributed by atoms with Gasteiger partial charge in [-0.25, -0.2) is 4.79 Å². The zero-order valence-electron chi connectivity index (χ0n) is 12.9. The van der Waals surface area contributed by atoms with E-state index in [-0.39, 0.29) is 11.9 Å². The molecule has 2 aliphatic heterocycles. The molecule has 0 aliphatic carbocycles. The smallest absolute Gasteiger partial charge is 0.328 e. The van der Waals surface area contributed by atoms with Gasteiger partial charge in [0.15, 0.2) is 0 Å². The van der Waals surface area contributed by atoms with E-state index in [9.17, 15) is 9.59 Å². The molecule has 0 radical (unpaired) electrons. The Morgan fingerprint density at radius 2 is 1.96 bits per heavy atom. The van der Waals surface area contributed by atoms with Gasteiger partial charge < -0.3 is 10.3 Å². The van der Waals surface area contributed by atoms with E-state index >= 15 is 0 Å². The number of urea groups is 1. The van der Waals surface area contributed by atoms with Crippen LogP contribution < -0.4 is 15.5 Å². The largest absolute Gasteiger partial charge is 0.358 e. The number of hydrogen-bond acceptors (Lipinski definition) is 3. The second-order valence-electron chi connectivity index (χ2n) is 6.24. The van der Waals surface area contributed by atoms with Gasteiger partial charge >= 0.3 is 6.03 Å². The fourth-order valence-corrected chi connectivity index (χ4v) is 3.54. The molecule has 0 bridgehead atoms. The molecule has 23 heavy (non-hydrogen) atoms. The maximum absolute atomic E-state index is 12.1. The van der Waals surface area contributed by atoms with Gasteiger partial charge in [-0.05, 0) is 44.1 Å². The molecular formula is C17H20N4O2. The number of nitrogens with zero attached hydrogens (tertiary/aromatic N) is 1. The minimum absolute atomic E-state index is 0.206. The van der Waals surface area contributed by atoms with Gasteiger partial charge in [0.1, 0.15) is 0 Å². The van der Waals surface area contributed by atoms with Crippen molar-refractivity contribution < 1.29 is 9.59 Å². The quantitative estimate of drug-likeness (QED) is 0.794. The predicted molar refractivity (Wildman–Crippen MR) is 88.6 cm³/mol. The van der Waals surface area contributed by atoms with Crippen LogP contribution in [0.3, 0.4) is 0 Å². The highest BCUT2D eigenvalue weighted by atomic mass is 16.2. The number of aromatic amines is 1. The highest BCUT2D eigenvalue weighted by Crippen LogP contribution is 2.33. The van der Waals surface area contributed by atoms with Crippen molar-refractivity contribution in [1.29, 1.82) is 0 Å². The van der Waals surface area contributed by atoms with E-state index in [0.29, 0.717) is 18.9 Å². The normalized spacial score (nSPS) is 20.1. The molecule has 1 aromatic carbocycles. The van der Waals surface area contributed by atoms with Crippen molar-refractivity contribution in [3.8, 4) is 0 Å². The molecular weight excluding hydrogens is 292 g/mol. The Kier molecular flexibility index (Phi) is 3.53. The van der Waals surface area contributed by atoms with E-state index in [1.807, 2.05) is 18.2 Å². The molecule has 4 rings (SSSR count). The monoisotopic (exact) mass is 312 g/mol. The van der Waals surface area contributed by atoms with Crippen LogP contribution in [0, 0.1) is 0 Å². The molecule has 2 aromatic rings. The van der Waals surface area contributed by atoms with Crippen molar-refractivity contribution >= 4 is 28.5 Å². The zero-order valence-corrected chi connectivity index (χ0v) is 12.9. The number of imide groups is 1. The minimum atomic E-state index is -0.335. The van der Waals surface area contributed by atoms with Gasteiger partial charge in [-0.2, -0.15) is 0 Å². The van der Waals surface area contributed by atoms with Crippen LogP contribution in [0.5, 0.6) is 0 Å². The molecule has 0 atom stereocenters. The van der Waals surface area contributed by atoms with Gasteiger partial charge in [-0.15, -0.1) is 0 Å². The number of carbonyl (C=O) groups excluding carboxylic acids is 2. The summed E-state index contributed by atoms with van der Waals surface area (Å²) < 4.78 is 0. The molecule has 6 heteroatoms. The molecule has 6 nitrogen and oxygen atoms in total. The first-order valence-electron chi connectivity index (χ1n) is 8.16. The highest BCUT2D eigenvalue weighted by molar-refractivity contribution is 6.09. The van der Waals surface area contributed by atoms with Crippen LogP contribution in [0.1, 0.15) is 30.9 Å². The predicted octanol–water partition coefficient (Wildman–Crippen LogP) is 2.08. The van der Waals surface area contributed by atoms with Gasteiger partial charge in [-0.1, -0.05) is 6.07 Å². The number of fused-ring (bicyclic) bond motifs is 1. The van der Waals surface area contributed by atoms with Crippen LogP contribution in [0.2, 0.25) is 0 Å². The van der Waals surface area contributed by atoms with E-state index in [0.717, 1.165) is 42.5 Å². The van der Waals surface area contributed by atoms with Crippen LogP contribution in [-0.4, -0.2) is 36.6 Å². The summed E-state index contributed by atoms with van der Waals surface area (Å²) in [6.07, 6.45) is 2.59. The average molecular weight is 312 g/mol. The highest BCUT2D eigenvalue weighted by Gasteiger charge is 2.26. The van der Waals surface area contributed by atoms with Crippen molar-refractivity contribution in [2.75, 3.05) is 24.5 Å². The topological polar surface area (TPSA) is 77.2 Å². The number of piperidine rings is 1. The third-order valence-electron chi connectivity index (χ3n) is 4.79. The summed E-state index contributed by atoms with van der Waals surface area (Å²) in [5, 5.41) is 6.82. The Bertz CT molecular complexity index is 761. The first kappa shape index (κ1) is 14.3. The summed E-state index contributed by atoms with van der Waals surface area (Å²) in [6, 6.07) is 7.76. The number of aromatic nitrogens is 1. The van der Waals surface area contributed by atoms with Crippen molar-refractivity contribution in [2.45, 2.75) is 25.2 Å². The summed E-state index contributed by atoms with van der Waals surface area (Å²) in [5.41, 5.74) is 3.15. The molecule has 2 fully saturated rings. The second kappa shape index (κ2) is 5.70. The fourth-order valence-electron chi connectivity index (χ4n) is 3.54. The van der Waals surface area contributed by atoms with Crippen LogP contribution in [0.25, 0.3) is 10.9 Å². The summed E-state index contributed by atoms with van der Waals surface area (Å²) >= 11 is 0. The van der Waals surface area contributed by atoms with Gasteiger partial charge in [0.2, 0.25) is 5.91 Å². The third kappa shape index (κ3) is 2.59. The molecule has 3 N–H and O–H groups in total. The molecule has 120 valence electrons. The molecule has 3 amide bonds. The Hall–Kier alpha value is -2.34. The SMILES string of the molecule is O=C1CCN(c2cccc3[nH]c(C4CCNCC4)cc23)C(=O)N1. The van der Waals surface area contributed by atoms with E-state index in [1.165, 1.54) is 5.69 Å². The lowest BCUT2D eigenvalue weighted by atomic mass is 9.95. The molecule has 3 heterocycles. The summed E-state index contributed by atoms with van der Waals surface area (Å²) in [7, 11) is 0. The van der Waals surface area contributed by atoms with E-state index in [1.54, 1.807) is 4.90 Å². The average Bonchev–Trinajstić information content (AvgIpc) is 3.00. The van der Waals surface area contributed by atoms with Crippen molar-refractivity contribution in [2.24, 2.45) is 0 Å². The number of carbonyl (C=O) groups is 2. The number of nitrogens with one attached hydrogen (secondary N) is 3. The lowest BCUT2D eigenvalue weighted by Crippen LogP contribution is -2.49. The second-order valence-corrected chi connectivity index (χ2v) is 6.24. The maximum atomic E-state index is 12.1. The fraction of sp³-hybridized carbons (Fsp3) is 0.412. The Balaban J connectivity index is 1.71. The number of amides is 3. The van der Waals surface area contributed by atoms with Gasteiger partial charge in [-0.3, -0.25) is 15.0 Å². The summed E-state index contributed by atoms with van der Waals surface area (Å²) in [6.45, 7) is 2.52. The number of hydrogen-bond donors (Lipinski definition) is 3. The van der Waals surface area contributed by atoms with Crippen LogP contribution in [0.4, 0.5) is 10.5 Å². The van der Waals surface area contributed by atoms with Crippen molar-refractivity contribution in [3.63, 3.8) is 0 Å². The number of rotatable bonds is 2. The molecule has 1 aromatic heterocycles. The van der Waals surface area contributed by atoms with E-state index in [2.05, 4.69) is 21.7 Å². The van der Waals surface area contributed by atoms with E-state index in [4.69, 9.17) is 0 Å². The summed E-state index contributed by atoms with van der Waals surface area (Å²) in [4.78, 5) is 28.7. The van der Waals surface area contributed by atoms with Crippen molar-refractivity contribution in [3.05, 3.63) is 30.0 Å². The first-order chi connectivity index (χ1) is 11.2. The number of anilines is 1. The maximum Gasteiger partial charge on any atom is 0.328 e. The van der Waals surface area contributed by atoms with Crippen LogP contribution >= 0.6 is 0 Å². The third-order valence-corrected chi connectivity index (χ3v) is 4.79. The van der Waals surface area contributed by atoms with Crippen LogP contribution in [0.15, 0.2) is 24.3 Å². The molecule has 0 saturated carbocycles. The first-order valence-corrected chi connectivity index (χ1v) is 8.16. The zero-order chi connectivity index (χ0) is 15.8. The Morgan fingerprint density at radius 1 is 1.13 bits per heavy atom.